The van der Waals surface area contributed by atoms with Crippen LogP contribution >= 0.6 is 0 Å². The number of ether oxygens (including phenoxy) is 2. The van der Waals surface area contributed by atoms with Crippen molar-refractivity contribution in [3.63, 3.8) is 0 Å². The Morgan fingerprint density at radius 3 is 1.43 bits per heavy atom. The molecule has 0 bridgehead atoms. The van der Waals surface area contributed by atoms with E-state index in [4.69, 9.17) is 9.47 Å². The monoisotopic (exact) mass is 298 g/mol. The molecule has 4 nitrogen and oxygen atoms in total. The highest BCUT2D eigenvalue weighted by Gasteiger charge is 2.30. The van der Waals surface area contributed by atoms with Crippen molar-refractivity contribution in [2.45, 2.75) is 73.0 Å². The van der Waals surface area contributed by atoms with E-state index in [1.54, 1.807) is 0 Å². The van der Waals surface area contributed by atoms with Crippen LogP contribution in [-0.4, -0.2) is 24.1 Å². The van der Waals surface area contributed by atoms with E-state index in [1.165, 1.54) is 0 Å². The lowest BCUT2D eigenvalue weighted by atomic mass is 9.83. The Morgan fingerprint density at radius 2 is 1.14 bits per heavy atom. The third-order valence-electron chi connectivity index (χ3n) is 4.52. The van der Waals surface area contributed by atoms with Gasteiger partial charge in [-0.3, -0.25) is 9.59 Å². The van der Waals surface area contributed by atoms with E-state index in [-0.39, 0.29) is 30.5 Å². The van der Waals surface area contributed by atoms with Gasteiger partial charge in [-0.2, -0.15) is 0 Å². The number of cyclic esters (lactones) is 2. The fourth-order valence-electron chi connectivity index (χ4n) is 2.65. The lowest BCUT2D eigenvalue weighted by Gasteiger charge is -2.29. The molecule has 0 radical (unpaired) electrons. The molecule has 1 heterocycles. The van der Waals surface area contributed by atoms with Crippen molar-refractivity contribution in [1.82, 2.24) is 0 Å². The first-order chi connectivity index (χ1) is 9.70. The Balaban J connectivity index is 2.92. The van der Waals surface area contributed by atoms with Crippen molar-refractivity contribution in [3.05, 3.63) is 0 Å². The number of hydrogen-bond donors (Lipinski definition) is 0. The maximum Gasteiger partial charge on any atom is 0.317 e. The molecule has 0 aromatic rings. The van der Waals surface area contributed by atoms with E-state index in [9.17, 15) is 9.59 Å². The van der Waals surface area contributed by atoms with E-state index in [1.807, 2.05) is 27.7 Å². The molecule has 0 N–H and O–H groups in total. The highest BCUT2D eigenvalue weighted by atomic mass is 16.6. The molecule has 122 valence electrons. The summed E-state index contributed by atoms with van der Waals surface area (Å²) in [6, 6.07) is 0. The molecule has 0 spiro atoms. The minimum atomic E-state index is -0.469. The predicted molar refractivity (Wildman–Crippen MR) is 81.6 cm³/mol. The second-order valence-electron chi connectivity index (χ2n) is 7.15. The normalized spacial score (nSPS) is 32.6. The molecular formula is C17H30O4. The summed E-state index contributed by atoms with van der Waals surface area (Å²) in [6.45, 7) is 12.6. The van der Waals surface area contributed by atoms with Crippen LogP contribution in [-0.2, 0) is 19.1 Å². The third-order valence-corrected chi connectivity index (χ3v) is 4.52. The molecule has 0 amide bonds. The van der Waals surface area contributed by atoms with Gasteiger partial charge >= 0.3 is 11.9 Å². The van der Waals surface area contributed by atoms with Crippen molar-refractivity contribution in [1.29, 1.82) is 0 Å². The van der Waals surface area contributed by atoms with Gasteiger partial charge in [-0.15, -0.1) is 0 Å². The molecule has 1 rings (SSSR count). The van der Waals surface area contributed by atoms with Crippen molar-refractivity contribution >= 4 is 11.9 Å². The fraction of sp³-hybridized carbons (Fsp3) is 0.882. The minimum absolute atomic E-state index is 0.127. The first-order valence-corrected chi connectivity index (χ1v) is 8.09. The van der Waals surface area contributed by atoms with Crippen molar-refractivity contribution in [2.75, 3.05) is 0 Å². The van der Waals surface area contributed by atoms with E-state index in [0.717, 1.165) is 12.8 Å². The van der Waals surface area contributed by atoms with E-state index < -0.39 is 11.9 Å². The van der Waals surface area contributed by atoms with Gasteiger partial charge in [-0.1, -0.05) is 41.5 Å². The van der Waals surface area contributed by atoms with Crippen LogP contribution in [0, 0.1) is 23.7 Å². The summed E-state index contributed by atoms with van der Waals surface area (Å²) in [6.07, 6.45) is 1.14. The van der Waals surface area contributed by atoms with Crippen LogP contribution in [0.15, 0.2) is 0 Å². The van der Waals surface area contributed by atoms with Crippen molar-refractivity contribution < 1.29 is 19.1 Å². The summed E-state index contributed by atoms with van der Waals surface area (Å²) in [5.41, 5.74) is 0. The molecule has 1 aliphatic heterocycles. The van der Waals surface area contributed by atoms with Crippen LogP contribution in [0.25, 0.3) is 0 Å². The van der Waals surface area contributed by atoms with E-state index in [2.05, 4.69) is 13.8 Å². The SMILES string of the molecule is CC(C)C1CC(C)C(C)CC(C(C)C)OC(=O)CC(=O)O1. The van der Waals surface area contributed by atoms with Crippen LogP contribution < -0.4 is 0 Å². The van der Waals surface area contributed by atoms with Gasteiger partial charge < -0.3 is 9.47 Å². The molecule has 4 unspecified atom stereocenters. The summed E-state index contributed by atoms with van der Waals surface area (Å²) in [5, 5.41) is 0. The quantitative estimate of drug-likeness (QED) is 0.577. The van der Waals surface area contributed by atoms with Crippen LogP contribution in [0.3, 0.4) is 0 Å². The van der Waals surface area contributed by atoms with Crippen LogP contribution in [0.2, 0.25) is 0 Å². The molecule has 4 heteroatoms. The average molecular weight is 298 g/mol. The van der Waals surface area contributed by atoms with Gasteiger partial charge in [0, 0.05) is 0 Å². The Kier molecular flexibility index (Phi) is 6.69. The van der Waals surface area contributed by atoms with Gasteiger partial charge in [-0.25, -0.2) is 0 Å². The molecule has 21 heavy (non-hydrogen) atoms. The van der Waals surface area contributed by atoms with Crippen LogP contribution in [0.5, 0.6) is 0 Å². The van der Waals surface area contributed by atoms with Crippen LogP contribution in [0.4, 0.5) is 0 Å². The number of esters is 2. The first kappa shape index (κ1) is 18.0. The van der Waals surface area contributed by atoms with Crippen molar-refractivity contribution in [2.24, 2.45) is 23.7 Å². The molecule has 1 fully saturated rings. The summed E-state index contributed by atoms with van der Waals surface area (Å²) in [4.78, 5) is 23.8. The van der Waals surface area contributed by atoms with Gasteiger partial charge in [-0.05, 0) is 36.5 Å². The highest BCUT2D eigenvalue weighted by Crippen LogP contribution is 2.29. The zero-order chi connectivity index (χ0) is 16.2. The number of hydrogen-bond acceptors (Lipinski definition) is 4. The summed E-state index contributed by atoms with van der Waals surface area (Å²) < 4.78 is 11.0. The highest BCUT2D eigenvalue weighted by molar-refractivity contribution is 5.91. The Bertz CT molecular complexity index is 328. The molecule has 0 aromatic carbocycles. The van der Waals surface area contributed by atoms with E-state index in [0.29, 0.717) is 11.8 Å². The molecule has 0 aromatic heterocycles. The van der Waals surface area contributed by atoms with Gasteiger partial charge in [0.05, 0.1) is 0 Å². The van der Waals surface area contributed by atoms with Gasteiger partial charge in [0.2, 0.25) is 0 Å². The fourth-order valence-corrected chi connectivity index (χ4v) is 2.65. The first-order valence-electron chi connectivity index (χ1n) is 8.09. The second kappa shape index (κ2) is 7.81. The maximum absolute atomic E-state index is 11.9. The zero-order valence-corrected chi connectivity index (χ0v) is 14.2. The van der Waals surface area contributed by atoms with E-state index >= 15 is 0 Å². The number of carbonyl (C=O) groups is 2. The number of carbonyl (C=O) groups excluding carboxylic acids is 2. The average Bonchev–Trinajstić information content (AvgIpc) is 2.36. The largest absolute Gasteiger partial charge is 0.462 e. The molecule has 4 atom stereocenters. The summed E-state index contributed by atoms with van der Waals surface area (Å²) >= 11 is 0. The van der Waals surface area contributed by atoms with Gasteiger partial charge in [0.15, 0.2) is 0 Å². The smallest absolute Gasteiger partial charge is 0.317 e. The molecule has 0 saturated carbocycles. The zero-order valence-electron chi connectivity index (χ0n) is 14.2. The Labute approximate surface area is 128 Å². The second-order valence-corrected chi connectivity index (χ2v) is 7.15. The molecular weight excluding hydrogens is 268 g/mol. The lowest BCUT2D eigenvalue weighted by Crippen LogP contribution is -2.28. The molecule has 1 aliphatic rings. The standard InChI is InChI=1S/C17H30O4/c1-10(2)14-7-12(5)13(6)8-15(11(3)4)21-17(19)9-16(18)20-14/h10-15H,7-9H2,1-6H3. The maximum atomic E-state index is 11.9. The van der Waals surface area contributed by atoms with Crippen molar-refractivity contribution in [3.8, 4) is 0 Å². The Hall–Kier alpha value is -1.06. The number of rotatable bonds is 2. The lowest BCUT2D eigenvalue weighted by molar-refractivity contribution is -0.162. The Morgan fingerprint density at radius 1 is 0.810 bits per heavy atom. The predicted octanol–water partition coefficient (Wildman–Crippen LogP) is 3.58. The summed E-state index contributed by atoms with van der Waals surface area (Å²) in [7, 11) is 0. The topological polar surface area (TPSA) is 52.6 Å². The van der Waals surface area contributed by atoms with Gasteiger partial charge in [0.25, 0.3) is 0 Å². The molecule has 0 aliphatic carbocycles. The van der Waals surface area contributed by atoms with Gasteiger partial charge in [0.1, 0.15) is 18.6 Å². The molecule has 1 saturated heterocycles. The minimum Gasteiger partial charge on any atom is -0.462 e. The third kappa shape index (κ3) is 5.68. The summed E-state index contributed by atoms with van der Waals surface area (Å²) in [5.74, 6) is 0.403. The van der Waals surface area contributed by atoms with Crippen LogP contribution in [0.1, 0.15) is 60.8 Å².